The van der Waals surface area contributed by atoms with Gasteiger partial charge in [-0.25, -0.2) is 9.97 Å². The van der Waals surface area contributed by atoms with Gasteiger partial charge in [0.2, 0.25) is 0 Å². The Morgan fingerprint density at radius 1 is 0.732 bits per heavy atom. The minimum absolute atomic E-state index is 0. The van der Waals surface area contributed by atoms with Crippen LogP contribution in [0.3, 0.4) is 0 Å². The Kier molecular flexibility index (Phi) is 12.2. The van der Waals surface area contributed by atoms with Gasteiger partial charge in [0.25, 0.3) is 0 Å². The van der Waals surface area contributed by atoms with Gasteiger partial charge in [-0.2, -0.15) is 0 Å². The number of aromatic nitrogens is 2. The van der Waals surface area contributed by atoms with E-state index >= 15 is 0 Å². The molecule has 0 bridgehead atoms. The van der Waals surface area contributed by atoms with Crippen molar-refractivity contribution in [3.8, 4) is 11.5 Å². The predicted molar refractivity (Wildman–Crippen MR) is 165 cm³/mol. The molecule has 1 heterocycles. The fourth-order valence-electron chi connectivity index (χ4n) is 4.26. The molecule has 226 valence electrons. The smallest absolute Gasteiger partial charge is 0.873 e. The molecule has 0 aliphatic carbocycles. The summed E-state index contributed by atoms with van der Waals surface area (Å²) in [6, 6.07) is 10.1. The summed E-state index contributed by atoms with van der Waals surface area (Å²) >= 11 is 6.16. The van der Waals surface area contributed by atoms with Crippen LogP contribution in [0.1, 0.15) is 111 Å². The van der Waals surface area contributed by atoms with Gasteiger partial charge in [-0.3, -0.25) is 4.99 Å². The van der Waals surface area contributed by atoms with Crippen LogP contribution >= 0.6 is 11.6 Å². The topological polar surface area (TPSA) is 84.3 Å². The molecule has 0 amide bonds. The first-order valence-electron chi connectivity index (χ1n) is 13.8. The van der Waals surface area contributed by atoms with Crippen molar-refractivity contribution in [2.75, 3.05) is 0 Å². The van der Waals surface area contributed by atoms with Crippen molar-refractivity contribution in [1.82, 2.24) is 9.97 Å². The Balaban J connectivity index is 0.000000419. The molecular formula is C34H46ClN3NiO2. The summed E-state index contributed by atoms with van der Waals surface area (Å²) in [5.74, 6) is -0.0951. The van der Waals surface area contributed by atoms with Crippen molar-refractivity contribution in [3.63, 3.8) is 0 Å². The molecule has 41 heavy (non-hydrogen) atoms. The van der Waals surface area contributed by atoms with E-state index < -0.39 is 16.9 Å². The van der Waals surface area contributed by atoms with Gasteiger partial charge in [-0.1, -0.05) is 107 Å². The van der Waals surface area contributed by atoms with Crippen LogP contribution < -0.4 is 10.2 Å². The van der Waals surface area contributed by atoms with E-state index in [1.165, 1.54) is 11.1 Å². The molecule has 0 aliphatic heterocycles. The molecule has 0 fully saturated rings. The van der Waals surface area contributed by atoms with Gasteiger partial charge in [0.05, 0.1) is 5.69 Å². The standard InChI is InChI=1S/C20H27N3.C14H21ClO2.Ni/c1-19(2,3)15-8-9-16(20(4,5)6)17(14-15)21-13-10-18-22-11-7-12-23-18;1-13(2,3)8-7-9(15)10(14(4,5)6)12(17)11(8)16;/h7-9,11-14H,10H2,1-6H3;7,16-17H,1-6H3;/q;;+2/p-2. The van der Waals surface area contributed by atoms with Gasteiger partial charge in [-0.05, 0) is 62.1 Å². The second kappa shape index (κ2) is 13.7. The molecular weight excluding hydrogens is 577 g/mol. The molecule has 0 atom stereocenters. The van der Waals surface area contributed by atoms with Crippen molar-refractivity contribution in [2.45, 2.75) is 111 Å². The average Bonchev–Trinajstić information content (AvgIpc) is 2.80. The first kappa shape index (κ1) is 36.6. The summed E-state index contributed by atoms with van der Waals surface area (Å²) in [5, 5.41) is 24.6. The Morgan fingerprint density at radius 3 is 1.73 bits per heavy atom. The van der Waals surface area contributed by atoms with E-state index in [-0.39, 0.29) is 32.7 Å². The molecule has 0 spiro atoms. The quantitative estimate of drug-likeness (QED) is 0.218. The normalized spacial score (nSPS) is 12.5. The van der Waals surface area contributed by atoms with Crippen LogP contribution in [0.4, 0.5) is 5.69 Å². The molecule has 0 radical (unpaired) electrons. The van der Waals surface area contributed by atoms with Crippen LogP contribution in [0.5, 0.6) is 11.5 Å². The van der Waals surface area contributed by atoms with E-state index in [2.05, 4.69) is 69.7 Å². The van der Waals surface area contributed by atoms with Crippen LogP contribution in [0.15, 0.2) is 47.7 Å². The van der Waals surface area contributed by atoms with Crippen LogP contribution in [-0.2, 0) is 44.6 Å². The summed E-state index contributed by atoms with van der Waals surface area (Å²) < 4.78 is 0. The second-order valence-corrected chi connectivity index (χ2v) is 14.8. The van der Waals surface area contributed by atoms with Crippen molar-refractivity contribution >= 4 is 23.5 Å². The number of halogens is 1. The zero-order valence-corrected chi connectivity index (χ0v) is 28.4. The summed E-state index contributed by atoms with van der Waals surface area (Å²) in [6.07, 6.45) is 6.07. The largest absolute Gasteiger partial charge is 2.00 e. The fourth-order valence-corrected chi connectivity index (χ4v) is 4.74. The Morgan fingerprint density at radius 2 is 1.27 bits per heavy atom. The molecule has 0 unspecified atom stereocenters. The Bertz CT molecular complexity index is 1330. The van der Waals surface area contributed by atoms with Crippen molar-refractivity contribution in [2.24, 2.45) is 4.99 Å². The van der Waals surface area contributed by atoms with Gasteiger partial charge < -0.3 is 10.2 Å². The van der Waals surface area contributed by atoms with E-state index in [4.69, 9.17) is 16.6 Å². The van der Waals surface area contributed by atoms with E-state index in [1.54, 1.807) is 18.5 Å². The zero-order valence-electron chi connectivity index (χ0n) is 26.7. The number of aliphatic imine (C=N–C) groups is 1. The molecule has 0 aliphatic rings. The maximum Gasteiger partial charge on any atom is 2.00 e. The molecule has 0 saturated heterocycles. The Labute approximate surface area is 262 Å². The fraction of sp³-hybridized carbons (Fsp3) is 0.500. The zero-order chi connectivity index (χ0) is 30.7. The van der Waals surface area contributed by atoms with Gasteiger partial charge in [0.1, 0.15) is 5.82 Å². The monoisotopic (exact) mass is 621 g/mol. The summed E-state index contributed by atoms with van der Waals surface area (Å²) in [4.78, 5) is 13.2. The maximum atomic E-state index is 12.1. The molecule has 0 N–H and O–H groups in total. The Hall–Kier alpha value is -2.43. The van der Waals surface area contributed by atoms with Crippen molar-refractivity contribution < 1.29 is 26.7 Å². The summed E-state index contributed by atoms with van der Waals surface area (Å²) in [6.45, 7) is 24.7. The first-order valence-corrected chi connectivity index (χ1v) is 14.2. The molecule has 3 aromatic rings. The van der Waals surface area contributed by atoms with Crippen LogP contribution in [-0.4, -0.2) is 16.2 Å². The number of benzene rings is 2. The SMILES string of the molecule is CC(C)(C)c1cc(Cl)c(C(C)(C)C)c([O-])c1[O-].CC(C)(C)c1ccc(C(C)(C)C)c(N=CCc2ncccn2)c1.[Ni+2]. The number of hydrogen-bond donors (Lipinski definition) is 0. The minimum Gasteiger partial charge on any atom is -0.873 e. The minimum atomic E-state index is -0.463. The first-order chi connectivity index (χ1) is 18.1. The second-order valence-electron chi connectivity index (χ2n) is 14.4. The maximum absolute atomic E-state index is 12.1. The van der Waals surface area contributed by atoms with Gasteiger partial charge >= 0.3 is 16.5 Å². The number of rotatable bonds is 3. The average molecular weight is 623 g/mol. The van der Waals surface area contributed by atoms with Crippen LogP contribution in [0.2, 0.25) is 5.02 Å². The van der Waals surface area contributed by atoms with Gasteiger partial charge in [-0.15, -0.1) is 11.5 Å². The summed E-state index contributed by atoms with van der Waals surface area (Å²) in [7, 11) is 0. The molecule has 7 heteroatoms. The van der Waals surface area contributed by atoms with E-state index in [0.29, 0.717) is 22.6 Å². The summed E-state index contributed by atoms with van der Waals surface area (Å²) in [5.41, 5.74) is 3.90. The van der Waals surface area contributed by atoms with Crippen molar-refractivity contribution in [1.29, 1.82) is 0 Å². The molecule has 0 saturated carbocycles. The van der Waals surface area contributed by atoms with Gasteiger partial charge in [0, 0.05) is 30.1 Å². The van der Waals surface area contributed by atoms with Crippen LogP contribution in [0.25, 0.3) is 0 Å². The molecule has 1 aromatic heterocycles. The molecule has 2 aromatic carbocycles. The van der Waals surface area contributed by atoms with E-state index in [9.17, 15) is 10.2 Å². The third-order valence-corrected chi connectivity index (χ3v) is 6.84. The number of hydrogen-bond acceptors (Lipinski definition) is 5. The van der Waals surface area contributed by atoms with E-state index in [0.717, 1.165) is 11.5 Å². The molecule has 5 nitrogen and oxygen atoms in total. The third kappa shape index (κ3) is 10.1. The van der Waals surface area contributed by atoms with Crippen molar-refractivity contribution in [3.05, 3.63) is 75.8 Å². The number of nitrogens with zero attached hydrogens (tertiary/aromatic N) is 3. The van der Waals surface area contributed by atoms with E-state index in [1.807, 2.05) is 53.8 Å². The van der Waals surface area contributed by atoms with Gasteiger partial charge in [0.15, 0.2) is 0 Å². The third-order valence-electron chi connectivity index (χ3n) is 6.54. The molecule has 3 rings (SSSR count). The van der Waals surface area contributed by atoms with Crippen LogP contribution in [0, 0.1) is 0 Å². The predicted octanol–water partition coefficient (Wildman–Crippen LogP) is 8.10.